The van der Waals surface area contributed by atoms with Crippen LogP contribution in [0.2, 0.25) is 0 Å². The van der Waals surface area contributed by atoms with E-state index in [1.165, 1.54) is 0 Å². The molecule has 1 fully saturated rings. The quantitative estimate of drug-likeness (QED) is 0.599. The molecule has 5 heteroatoms. The molecule has 0 unspecified atom stereocenters. The second kappa shape index (κ2) is 3.43. The Labute approximate surface area is 72.5 Å². The van der Waals surface area contributed by atoms with E-state index in [4.69, 9.17) is 0 Å². The van der Waals surface area contributed by atoms with Crippen LogP contribution in [0.15, 0.2) is 0 Å². The number of carbonyl (C=O) groups is 1. The molecule has 0 spiro atoms. The van der Waals surface area contributed by atoms with Crippen molar-refractivity contribution in [3.63, 3.8) is 0 Å². The van der Waals surface area contributed by atoms with Gasteiger partial charge in [-0.15, -0.1) is 0 Å². The van der Waals surface area contributed by atoms with Crippen molar-refractivity contribution in [1.82, 2.24) is 4.90 Å². The second-order valence-electron chi connectivity index (χ2n) is 2.97. The lowest BCUT2D eigenvalue weighted by Crippen LogP contribution is -2.45. The highest BCUT2D eigenvalue weighted by Crippen LogP contribution is 2.05. The highest BCUT2D eigenvalue weighted by Gasteiger charge is 2.27. The predicted octanol–water partition coefficient (Wildman–Crippen LogP) is -0.347. The van der Waals surface area contributed by atoms with Crippen LogP contribution in [-0.4, -0.2) is 43.8 Å². The van der Waals surface area contributed by atoms with E-state index in [1.54, 1.807) is 4.90 Å². The van der Waals surface area contributed by atoms with Crippen LogP contribution in [0.4, 0.5) is 0 Å². The molecular formula is C7H13NO3S. The summed E-state index contributed by atoms with van der Waals surface area (Å²) in [5.74, 6) is -0.422. The minimum atomic E-state index is -3.07. The molecule has 12 heavy (non-hydrogen) atoms. The molecule has 0 atom stereocenters. The van der Waals surface area contributed by atoms with Gasteiger partial charge in [-0.25, -0.2) is 8.42 Å². The topological polar surface area (TPSA) is 54.5 Å². The number of hydrogen-bond donors (Lipinski definition) is 0. The fraction of sp³-hybridized carbons (Fsp3) is 0.857. The summed E-state index contributed by atoms with van der Waals surface area (Å²) in [6, 6.07) is 0. The normalized spacial score (nSPS) is 22.8. The van der Waals surface area contributed by atoms with Gasteiger partial charge in [0.1, 0.15) is 5.75 Å². The molecule has 1 saturated heterocycles. The molecule has 0 radical (unpaired) electrons. The molecular weight excluding hydrogens is 178 g/mol. The molecule has 0 aromatic rings. The summed E-state index contributed by atoms with van der Waals surface area (Å²) in [7, 11) is -3.07. The molecule has 70 valence electrons. The molecule has 0 aliphatic carbocycles. The number of amides is 1. The number of nitrogens with zero attached hydrogens (tertiary/aromatic N) is 1. The summed E-state index contributed by atoms with van der Waals surface area (Å²) >= 11 is 0. The first-order chi connectivity index (χ1) is 5.55. The van der Waals surface area contributed by atoms with Crippen LogP contribution in [0, 0.1) is 0 Å². The van der Waals surface area contributed by atoms with E-state index in [1.807, 2.05) is 6.92 Å². The Kier molecular flexibility index (Phi) is 2.72. The molecule has 1 aliphatic heterocycles. The van der Waals surface area contributed by atoms with E-state index >= 15 is 0 Å². The van der Waals surface area contributed by atoms with E-state index in [0.29, 0.717) is 13.1 Å². The molecule has 0 N–H and O–H groups in total. The number of rotatable bonds is 2. The van der Waals surface area contributed by atoms with Crippen LogP contribution < -0.4 is 0 Å². The van der Waals surface area contributed by atoms with E-state index in [-0.39, 0.29) is 17.4 Å². The Bertz CT molecular complexity index is 270. The van der Waals surface area contributed by atoms with Gasteiger partial charge < -0.3 is 4.90 Å². The van der Waals surface area contributed by atoms with E-state index in [2.05, 4.69) is 0 Å². The Morgan fingerprint density at radius 1 is 1.50 bits per heavy atom. The van der Waals surface area contributed by atoms with Gasteiger partial charge in [0, 0.05) is 13.1 Å². The van der Waals surface area contributed by atoms with Gasteiger partial charge in [-0.1, -0.05) is 6.92 Å². The SMILES string of the molecule is CCCN1CCS(=O)(=O)CC1=O. The van der Waals surface area contributed by atoms with E-state index < -0.39 is 9.84 Å². The maximum Gasteiger partial charge on any atom is 0.237 e. The van der Waals surface area contributed by atoms with Gasteiger partial charge in [-0.2, -0.15) is 0 Å². The predicted molar refractivity (Wildman–Crippen MR) is 45.5 cm³/mol. The van der Waals surface area contributed by atoms with Crippen molar-refractivity contribution in [2.24, 2.45) is 0 Å². The van der Waals surface area contributed by atoms with Gasteiger partial charge in [0.05, 0.1) is 5.75 Å². The zero-order valence-electron chi connectivity index (χ0n) is 7.12. The lowest BCUT2D eigenvalue weighted by atomic mass is 10.4. The van der Waals surface area contributed by atoms with Crippen LogP contribution in [-0.2, 0) is 14.6 Å². The smallest absolute Gasteiger partial charge is 0.237 e. The summed E-state index contributed by atoms with van der Waals surface area (Å²) in [4.78, 5) is 12.8. The number of hydrogen-bond acceptors (Lipinski definition) is 3. The van der Waals surface area contributed by atoms with E-state index in [0.717, 1.165) is 6.42 Å². The van der Waals surface area contributed by atoms with Crippen LogP contribution in [0.5, 0.6) is 0 Å². The van der Waals surface area contributed by atoms with Crippen LogP contribution in [0.3, 0.4) is 0 Å². The molecule has 0 saturated carbocycles. The van der Waals surface area contributed by atoms with Crippen molar-refractivity contribution in [2.45, 2.75) is 13.3 Å². The maximum atomic E-state index is 11.1. The summed E-state index contributed by atoms with van der Waals surface area (Å²) in [6.45, 7) is 3.01. The molecule has 0 aromatic heterocycles. The van der Waals surface area contributed by atoms with Gasteiger partial charge in [0.15, 0.2) is 9.84 Å². The third kappa shape index (κ3) is 2.20. The lowest BCUT2D eigenvalue weighted by molar-refractivity contribution is -0.128. The highest BCUT2D eigenvalue weighted by atomic mass is 32.2. The van der Waals surface area contributed by atoms with Gasteiger partial charge >= 0.3 is 0 Å². The Hall–Kier alpha value is -0.580. The third-order valence-corrected chi connectivity index (χ3v) is 3.35. The molecule has 0 bridgehead atoms. The fourth-order valence-corrected chi connectivity index (χ4v) is 2.43. The monoisotopic (exact) mass is 191 g/mol. The minimum Gasteiger partial charge on any atom is -0.341 e. The van der Waals surface area contributed by atoms with Crippen molar-refractivity contribution >= 4 is 15.7 Å². The summed E-state index contributed by atoms with van der Waals surface area (Å²) in [5, 5.41) is 0. The van der Waals surface area contributed by atoms with Crippen molar-refractivity contribution in [3.8, 4) is 0 Å². The van der Waals surface area contributed by atoms with Crippen molar-refractivity contribution < 1.29 is 13.2 Å². The van der Waals surface area contributed by atoms with Gasteiger partial charge in [0.2, 0.25) is 5.91 Å². The number of carbonyl (C=O) groups excluding carboxylic acids is 1. The van der Waals surface area contributed by atoms with Crippen LogP contribution >= 0.6 is 0 Å². The molecule has 1 amide bonds. The minimum absolute atomic E-state index is 0.124. The maximum absolute atomic E-state index is 11.1. The fourth-order valence-electron chi connectivity index (χ4n) is 1.23. The second-order valence-corrected chi connectivity index (χ2v) is 5.16. The van der Waals surface area contributed by atoms with Crippen molar-refractivity contribution in [1.29, 1.82) is 0 Å². The summed E-state index contributed by atoms with van der Waals surface area (Å²) < 4.78 is 21.9. The molecule has 4 nitrogen and oxygen atoms in total. The Balaban J connectivity index is 2.60. The van der Waals surface area contributed by atoms with E-state index in [9.17, 15) is 13.2 Å². The third-order valence-electron chi connectivity index (χ3n) is 1.86. The lowest BCUT2D eigenvalue weighted by Gasteiger charge is -2.25. The Morgan fingerprint density at radius 2 is 2.17 bits per heavy atom. The first kappa shape index (κ1) is 9.51. The van der Waals surface area contributed by atoms with Crippen molar-refractivity contribution in [3.05, 3.63) is 0 Å². The standard InChI is InChI=1S/C7H13NO3S/c1-2-3-8-4-5-12(10,11)6-7(8)9/h2-6H2,1H3. The summed E-state index contributed by atoms with van der Waals surface area (Å²) in [5.41, 5.74) is 0. The first-order valence-corrected chi connectivity index (χ1v) is 5.85. The average Bonchev–Trinajstić information content (AvgIpc) is 1.94. The summed E-state index contributed by atoms with van der Waals surface area (Å²) in [6.07, 6.45) is 0.881. The molecule has 1 heterocycles. The van der Waals surface area contributed by atoms with Crippen LogP contribution in [0.1, 0.15) is 13.3 Å². The first-order valence-electron chi connectivity index (χ1n) is 4.03. The highest BCUT2D eigenvalue weighted by molar-refractivity contribution is 7.92. The largest absolute Gasteiger partial charge is 0.341 e. The van der Waals surface area contributed by atoms with Gasteiger partial charge in [-0.3, -0.25) is 4.79 Å². The number of sulfone groups is 1. The molecule has 1 rings (SSSR count). The molecule has 1 aliphatic rings. The average molecular weight is 191 g/mol. The Morgan fingerprint density at radius 3 is 2.67 bits per heavy atom. The zero-order chi connectivity index (χ0) is 9.19. The zero-order valence-corrected chi connectivity index (χ0v) is 7.93. The van der Waals surface area contributed by atoms with Gasteiger partial charge in [-0.05, 0) is 6.42 Å². The van der Waals surface area contributed by atoms with Crippen molar-refractivity contribution in [2.75, 3.05) is 24.6 Å². The molecule has 0 aromatic carbocycles. The van der Waals surface area contributed by atoms with Crippen LogP contribution in [0.25, 0.3) is 0 Å². The van der Waals surface area contributed by atoms with Gasteiger partial charge in [0.25, 0.3) is 0 Å².